The lowest BCUT2D eigenvalue weighted by atomic mass is 9.99. The summed E-state index contributed by atoms with van der Waals surface area (Å²) < 4.78 is 57.0. The van der Waals surface area contributed by atoms with Crippen molar-refractivity contribution < 1.29 is 22.3 Å². The average molecular weight is 404 g/mol. The molecule has 0 amide bonds. The molecule has 0 spiro atoms. The molecule has 3 aromatic rings. The third-order valence-electron chi connectivity index (χ3n) is 5.05. The van der Waals surface area contributed by atoms with Crippen molar-refractivity contribution >= 4 is 10.8 Å². The number of ether oxygens (including phenoxy) is 1. The van der Waals surface area contributed by atoms with Crippen molar-refractivity contribution in [2.45, 2.75) is 52.1 Å². The summed E-state index contributed by atoms with van der Waals surface area (Å²) in [6.45, 7) is -1.09. The number of hydrogen-bond acceptors (Lipinski definition) is 1. The molecular weight excluding hydrogens is 380 g/mol. The molecule has 3 aromatic carbocycles. The van der Waals surface area contributed by atoms with Crippen LogP contribution in [-0.2, 0) is 19.3 Å². The quantitative estimate of drug-likeness (QED) is 0.270. The van der Waals surface area contributed by atoms with E-state index in [2.05, 4.69) is 35.9 Å². The van der Waals surface area contributed by atoms with Crippen LogP contribution in [0.1, 0.15) is 42.9 Å². The first kappa shape index (κ1) is 21.2. The Balaban J connectivity index is 1.69. The number of halogens is 4. The number of unbranched alkanes of at least 4 members (excludes halogenated alkanes) is 2. The average Bonchev–Trinajstić information content (AvgIpc) is 2.70. The van der Waals surface area contributed by atoms with Crippen molar-refractivity contribution in [3.8, 4) is 5.75 Å². The molecule has 0 bridgehead atoms. The first-order valence-corrected chi connectivity index (χ1v) is 9.91. The lowest BCUT2D eigenvalue weighted by molar-refractivity contribution is -0.0544. The fourth-order valence-corrected chi connectivity index (χ4v) is 3.45. The summed E-state index contributed by atoms with van der Waals surface area (Å²) in [5, 5.41) is 0.382. The zero-order chi connectivity index (χ0) is 20.8. The van der Waals surface area contributed by atoms with Crippen LogP contribution in [0.4, 0.5) is 17.6 Å². The highest BCUT2D eigenvalue weighted by molar-refractivity contribution is 5.85. The summed E-state index contributed by atoms with van der Waals surface area (Å²) in [5.41, 5.74) is 3.45. The highest BCUT2D eigenvalue weighted by atomic mass is 19.3. The van der Waals surface area contributed by atoms with E-state index in [-0.39, 0.29) is 5.39 Å². The Hall–Kier alpha value is -2.56. The Morgan fingerprint density at radius 1 is 0.793 bits per heavy atom. The number of benzene rings is 3. The smallest absolute Gasteiger partial charge is 0.387 e. The van der Waals surface area contributed by atoms with Gasteiger partial charge in [-0.2, -0.15) is 8.78 Å². The number of fused-ring (bicyclic) bond motifs is 1. The Labute approximate surface area is 168 Å². The van der Waals surface area contributed by atoms with E-state index in [0.29, 0.717) is 11.8 Å². The molecule has 0 radical (unpaired) electrons. The van der Waals surface area contributed by atoms with Gasteiger partial charge in [-0.05, 0) is 53.8 Å². The van der Waals surface area contributed by atoms with E-state index < -0.39 is 24.0 Å². The van der Waals surface area contributed by atoms with Gasteiger partial charge in [0.15, 0.2) is 17.4 Å². The van der Waals surface area contributed by atoms with E-state index in [1.807, 2.05) is 0 Å². The number of alkyl halides is 2. The zero-order valence-electron chi connectivity index (χ0n) is 16.4. The van der Waals surface area contributed by atoms with Crippen LogP contribution in [0.25, 0.3) is 10.8 Å². The van der Waals surface area contributed by atoms with Crippen LogP contribution in [0.3, 0.4) is 0 Å². The normalized spacial score (nSPS) is 11.4. The maximum Gasteiger partial charge on any atom is 0.387 e. The topological polar surface area (TPSA) is 9.23 Å². The summed E-state index contributed by atoms with van der Waals surface area (Å²) in [7, 11) is 0. The van der Waals surface area contributed by atoms with E-state index in [4.69, 9.17) is 0 Å². The van der Waals surface area contributed by atoms with E-state index in [1.165, 1.54) is 36.5 Å². The zero-order valence-corrected chi connectivity index (χ0v) is 16.4. The fraction of sp³-hybridized carbons (Fsp3) is 0.333. The largest absolute Gasteiger partial charge is 0.429 e. The molecule has 0 saturated carbocycles. The van der Waals surface area contributed by atoms with Gasteiger partial charge in [0.1, 0.15) is 0 Å². The first-order chi connectivity index (χ1) is 14.0. The first-order valence-electron chi connectivity index (χ1n) is 9.91. The maximum absolute atomic E-state index is 14.3. The molecule has 29 heavy (non-hydrogen) atoms. The molecule has 0 N–H and O–H groups in total. The predicted molar refractivity (Wildman–Crippen MR) is 108 cm³/mol. The molecule has 0 fully saturated rings. The van der Waals surface area contributed by atoms with Gasteiger partial charge in [-0.1, -0.05) is 62.2 Å². The minimum Gasteiger partial charge on any atom is -0.429 e. The molecule has 0 unspecified atom stereocenters. The third kappa shape index (κ3) is 5.49. The summed E-state index contributed by atoms with van der Waals surface area (Å²) >= 11 is 0. The van der Waals surface area contributed by atoms with Crippen LogP contribution < -0.4 is 4.74 Å². The van der Waals surface area contributed by atoms with Crippen molar-refractivity contribution in [1.29, 1.82) is 0 Å². The Morgan fingerprint density at radius 2 is 1.41 bits per heavy atom. The highest BCUT2D eigenvalue weighted by Crippen LogP contribution is 2.31. The monoisotopic (exact) mass is 404 g/mol. The summed E-state index contributed by atoms with van der Waals surface area (Å²) in [6, 6.07) is 14.5. The van der Waals surface area contributed by atoms with Crippen LogP contribution in [0, 0.1) is 11.6 Å². The second kappa shape index (κ2) is 9.77. The Kier molecular flexibility index (Phi) is 7.13. The van der Waals surface area contributed by atoms with Crippen molar-refractivity contribution in [1.82, 2.24) is 0 Å². The van der Waals surface area contributed by atoms with Crippen LogP contribution in [0.15, 0.2) is 48.5 Å². The lowest BCUT2D eigenvalue weighted by Gasteiger charge is -2.11. The van der Waals surface area contributed by atoms with Crippen LogP contribution >= 0.6 is 0 Å². The highest BCUT2D eigenvalue weighted by Gasteiger charge is 2.18. The van der Waals surface area contributed by atoms with Crippen LogP contribution in [0.2, 0.25) is 0 Å². The van der Waals surface area contributed by atoms with E-state index in [0.717, 1.165) is 24.5 Å². The van der Waals surface area contributed by atoms with Crippen molar-refractivity contribution in [2.24, 2.45) is 0 Å². The predicted octanol–water partition coefficient (Wildman–Crippen LogP) is 7.24. The molecule has 0 saturated heterocycles. The molecular formula is C24H24F4O. The number of rotatable bonds is 9. The molecule has 3 rings (SSSR count). The van der Waals surface area contributed by atoms with Gasteiger partial charge in [0, 0.05) is 5.39 Å². The van der Waals surface area contributed by atoms with E-state index in [1.54, 1.807) is 12.1 Å². The van der Waals surface area contributed by atoms with Gasteiger partial charge in [-0.25, -0.2) is 8.78 Å². The van der Waals surface area contributed by atoms with Crippen molar-refractivity contribution in [3.05, 3.63) is 76.9 Å². The van der Waals surface area contributed by atoms with Crippen molar-refractivity contribution in [2.75, 3.05) is 0 Å². The standard InChI is InChI=1S/C24H24F4O/c1-2-3-4-5-16-6-8-17(9-7-16)10-11-18-12-13-20-19(14-18)15-21(25)23(22(20)26)29-24(27)28/h6-9,12-15,24H,2-5,10-11H2,1H3. The number of aryl methyl sites for hydroxylation is 3. The summed E-state index contributed by atoms with van der Waals surface area (Å²) in [5.74, 6) is -3.28. The Morgan fingerprint density at radius 3 is 2.07 bits per heavy atom. The van der Waals surface area contributed by atoms with E-state index in [9.17, 15) is 17.6 Å². The molecule has 5 heteroatoms. The molecule has 154 valence electrons. The van der Waals surface area contributed by atoms with Crippen molar-refractivity contribution in [3.63, 3.8) is 0 Å². The van der Waals surface area contributed by atoms with Gasteiger partial charge in [0.05, 0.1) is 0 Å². The van der Waals surface area contributed by atoms with Gasteiger partial charge in [0.2, 0.25) is 0 Å². The van der Waals surface area contributed by atoms with Crippen LogP contribution in [0.5, 0.6) is 5.75 Å². The molecule has 0 aliphatic heterocycles. The Bertz CT molecular complexity index is 951. The molecule has 1 nitrogen and oxygen atoms in total. The molecule has 0 aromatic heterocycles. The minimum atomic E-state index is -3.28. The van der Waals surface area contributed by atoms with Gasteiger partial charge < -0.3 is 4.74 Å². The number of hydrogen-bond donors (Lipinski definition) is 0. The molecule has 0 aliphatic carbocycles. The molecule has 0 atom stereocenters. The van der Waals surface area contributed by atoms with Gasteiger partial charge >= 0.3 is 6.61 Å². The molecule has 0 aliphatic rings. The fourth-order valence-electron chi connectivity index (χ4n) is 3.45. The van der Waals surface area contributed by atoms with E-state index >= 15 is 0 Å². The second-order valence-electron chi connectivity index (χ2n) is 7.21. The summed E-state index contributed by atoms with van der Waals surface area (Å²) in [6.07, 6.45) is 6.25. The minimum absolute atomic E-state index is 0.0576. The molecule has 0 heterocycles. The van der Waals surface area contributed by atoms with Gasteiger partial charge in [-0.3, -0.25) is 0 Å². The lowest BCUT2D eigenvalue weighted by Crippen LogP contribution is -2.06. The second-order valence-corrected chi connectivity index (χ2v) is 7.21. The third-order valence-corrected chi connectivity index (χ3v) is 5.05. The SMILES string of the molecule is CCCCCc1ccc(CCc2ccc3c(F)c(OC(F)F)c(F)cc3c2)cc1. The maximum atomic E-state index is 14.3. The van der Waals surface area contributed by atoms with Crippen LogP contribution in [-0.4, -0.2) is 6.61 Å². The van der Waals surface area contributed by atoms with Gasteiger partial charge in [0.25, 0.3) is 0 Å². The van der Waals surface area contributed by atoms with Gasteiger partial charge in [-0.15, -0.1) is 0 Å². The summed E-state index contributed by atoms with van der Waals surface area (Å²) in [4.78, 5) is 0.